The molecule has 1 rings (SSSR count). The molecule has 0 aliphatic carbocycles. The van der Waals surface area contributed by atoms with E-state index >= 15 is 0 Å². The van der Waals surface area contributed by atoms with Gasteiger partial charge in [-0.05, 0) is 32.7 Å². The summed E-state index contributed by atoms with van der Waals surface area (Å²) in [6, 6.07) is 0.324. The molecule has 15 heavy (non-hydrogen) atoms. The van der Waals surface area contributed by atoms with E-state index in [1.165, 1.54) is 0 Å². The van der Waals surface area contributed by atoms with E-state index in [9.17, 15) is 4.79 Å². The second-order valence-corrected chi connectivity index (χ2v) is 4.87. The van der Waals surface area contributed by atoms with Gasteiger partial charge in [-0.3, -0.25) is 4.79 Å². The molecule has 3 heteroatoms. The van der Waals surface area contributed by atoms with Crippen LogP contribution in [-0.4, -0.2) is 36.5 Å². The van der Waals surface area contributed by atoms with Crippen LogP contribution >= 0.6 is 0 Å². The maximum absolute atomic E-state index is 12.3. The molecule has 1 N–H and O–H groups in total. The summed E-state index contributed by atoms with van der Waals surface area (Å²) in [5.41, 5.74) is 0. The number of nitrogens with zero attached hydrogens (tertiary/aromatic N) is 1. The second-order valence-electron chi connectivity index (χ2n) is 4.87. The number of amides is 1. The van der Waals surface area contributed by atoms with Gasteiger partial charge >= 0.3 is 0 Å². The van der Waals surface area contributed by atoms with Crippen molar-refractivity contribution < 1.29 is 4.79 Å². The maximum atomic E-state index is 12.3. The summed E-state index contributed by atoms with van der Waals surface area (Å²) < 4.78 is 0. The van der Waals surface area contributed by atoms with Gasteiger partial charge in [0.05, 0.1) is 5.92 Å². The summed E-state index contributed by atoms with van der Waals surface area (Å²) in [7, 11) is 0. The van der Waals surface area contributed by atoms with Crippen LogP contribution in [-0.2, 0) is 4.79 Å². The standard InChI is InChI=1S/C12H24N2O/c1-5-6-14(9(2)3)12(15)11-8-13-7-10(11)4/h9-11,13H,5-8H2,1-4H3/t10-,11-/m1/s1. The molecule has 1 heterocycles. The summed E-state index contributed by atoms with van der Waals surface area (Å²) in [4.78, 5) is 14.3. The normalized spacial score (nSPS) is 25.9. The van der Waals surface area contributed by atoms with Gasteiger partial charge in [0, 0.05) is 19.1 Å². The molecule has 0 aromatic carbocycles. The zero-order chi connectivity index (χ0) is 11.4. The van der Waals surface area contributed by atoms with Gasteiger partial charge in [0.15, 0.2) is 0 Å². The Labute approximate surface area is 93.2 Å². The predicted octanol–water partition coefficient (Wildman–Crippen LogP) is 1.49. The van der Waals surface area contributed by atoms with Crippen molar-refractivity contribution in [2.45, 2.75) is 40.2 Å². The molecule has 0 aromatic heterocycles. The maximum Gasteiger partial charge on any atom is 0.227 e. The van der Waals surface area contributed by atoms with Gasteiger partial charge in [0.25, 0.3) is 0 Å². The number of hydrogen-bond donors (Lipinski definition) is 1. The average Bonchev–Trinajstić information content (AvgIpc) is 2.59. The quantitative estimate of drug-likeness (QED) is 0.765. The van der Waals surface area contributed by atoms with Gasteiger partial charge in [-0.2, -0.15) is 0 Å². The first kappa shape index (κ1) is 12.5. The number of carbonyl (C=O) groups excluding carboxylic acids is 1. The Bertz CT molecular complexity index is 216. The first-order chi connectivity index (χ1) is 7.07. The lowest BCUT2D eigenvalue weighted by molar-refractivity contribution is -0.137. The fourth-order valence-corrected chi connectivity index (χ4v) is 2.22. The van der Waals surface area contributed by atoms with Gasteiger partial charge in [0.1, 0.15) is 0 Å². The molecule has 0 saturated carbocycles. The number of rotatable bonds is 4. The zero-order valence-corrected chi connectivity index (χ0v) is 10.4. The molecule has 1 saturated heterocycles. The Kier molecular flexibility index (Phi) is 4.58. The predicted molar refractivity (Wildman–Crippen MR) is 62.7 cm³/mol. The zero-order valence-electron chi connectivity index (χ0n) is 10.4. The van der Waals surface area contributed by atoms with E-state index in [-0.39, 0.29) is 5.92 Å². The van der Waals surface area contributed by atoms with E-state index in [2.05, 4.69) is 33.0 Å². The van der Waals surface area contributed by atoms with Crippen molar-refractivity contribution >= 4 is 5.91 Å². The highest BCUT2D eigenvalue weighted by Crippen LogP contribution is 2.19. The van der Waals surface area contributed by atoms with E-state index in [0.29, 0.717) is 17.9 Å². The number of carbonyl (C=O) groups is 1. The molecule has 1 amide bonds. The first-order valence-corrected chi connectivity index (χ1v) is 6.09. The van der Waals surface area contributed by atoms with Crippen LogP contribution in [0, 0.1) is 11.8 Å². The van der Waals surface area contributed by atoms with Crippen LogP contribution in [0.5, 0.6) is 0 Å². The highest BCUT2D eigenvalue weighted by atomic mass is 16.2. The molecule has 2 atom stereocenters. The second kappa shape index (κ2) is 5.50. The molecule has 1 fully saturated rings. The minimum atomic E-state index is 0.193. The van der Waals surface area contributed by atoms with Crippen molar-refractivity contribution in [1.82, 2.24) is 10.2 Å². The smallest absolute Gasteiger partial charge is 0.227 e. The third-order valence-corrected chi connectivity index (χ3v) is 3.21. The molecule has 3 nitrogen and oxygen atoms in total. The number of nitrogens with one attached hydrogen (secondary N) is 1. The SMILES string of the molecule is CCCN(C(=O)[C@@H]1CNC[C@H]1C)C(C)C. The molecule has 1 aliphatic heterocycles. The van der Waals surface area contributed by atoms with E-state index in [1.54, 1.807) is 0 Å². The summed E-state index contributed by atoms with van der Waals surface area (Å²) in [6.07, 6.45) is 1.04. The van der Waals surface area contributed by atoms with Gasteiger partial charge in [-0.25, -0.2) is 0 Å². The van der Waals surface area contributed by atoms with E-state index in [1.807, 2.05) is 4.90 Å². The molecule has 88 valence electrons. The van der Waals surface area contributed by atoms with E-state index in [4.69, 9.17) is 0 Å². The highest BCUT2D eigenvalue weighted by molar-refractivity contribution is 5.80. The van der Waals surface area contributed by atoms with Crippen LogP contribution in [0.1, 0.15) is 34.1 Å². The van der Waals surface area contributed by atoms with Crippen molar-refractivity contribution in [2.24, 2.45) is 11.8 Å². The minimum absolute atomic E-state index is 0.193. The molecule has 0 aromatic rings. The molecule has 0 bridgehead atoms. The van der Waals surface area contributed by atoms with Crippen molar-refractivity contribution in [1.29, 1.82) is 0 Å². The highest BCUT2D eigenvalue weighted by Gasteiger charge is 2.33. The van der Waals surface area contributed by atoms with Gasteiger partial charge in [-0.1, -0.05) is 13.8 Å². The Balaban J connectivity index is 2.62. The van der Waals surface area contributed by atoms with Crippen LogP contribution < -0.4 is 5.32 Å². The van der Waals surface area contributed by atoms with Gasteiger partial charge in [0.2, 0.25) is 5.91 Å². The van der Waals surface area contributed by atoms with Crippen molar-refractivity contribution in [3.63, 3.8) is 0 Å². The summed E-state index contributed by atoms with van der Waals surface area (Å²) >= 11 is 0. The Morgan fingerprint density at radius 1 is 1.47 bits per heavy atom. The molecular formula is C12H24N2O. The lowest BCUT2D eigenvalue weighted by atomic mass is 9.96. The topological polar surface area (TPSA) is 32.3 Å². The van der Waals surface area contributed by atoms with Crippen LogP contribution in [0.15, 0.2) is 0 Å². The Morgan fingerprint density at radius 3 is 2.53 bits per heavy atom. The molecular weight excluding hydrogens is 188 g/mol. The van der Waals surface area contributed by atoms with E-state index < -0.39 is 0 Å². The summed E-state index contributed by atoms with van der Waals surface area (Å²) in [5, 5.41) is 3.29. The summed E-state index contributed by atoms with van der Waals surface area (Å²) in [5.74, 6) is 1.01. The van der Waals surface area contributed by atoms with Crippen LogP contribution in [0.2, 0.25) is 0 Å². The fraction of sp³-hybridized carbons (Fsp3) is 0.917. The third kappa shape index (κ3) is 2.94. The average molecular weight is 212 g/mol. The first-order valence-electron chi connectivity index (χ1n) is 6.09. The molecule has 1 aliphatic rings. The van der Waals surface area contributed by atoms with Crippen LogP contribution in [0.25, 0.3) is 0 Å². The lowest BCUT2D eigenvalue weighted by Crippen LogP contribution is -2.43. The van der Waals surface area contributed by atoms with Crippen LogP contribution in [0.3, 0.4) is 0 Å². The third-order valence-electron chi connectivity index (χ3n) is 3.21. The Morgan fingerprint density at radius 2 is 2.13 bits per heavy atom. The van der Waals surface area contributed by atoms with Crippen molar-refractivity contribution in [3.05, 3.63) is 0 Å². The summed E-state index contributed by atoms with van der Waals surface area (Å²) in [6.45, 7) is 11.2. The minimum Gasteiger partial charge on any atom is -0.340 e. The fourth-order valence-electron chi connectivity index (χ4n) is 2.22. The molecule has 0 radical (unpaired) electrons. The van der Waals surface area contributed by atoms with Crippen molar-refractivity contribution in [2.75, 3.05) is 19.6 Å². The molecule has 0 spiro atoms. The van der Waals surface area contributed by atoms with Crippen LogP contribution in [0.4, 0.5) is 0 Å². The van der Waals surface area contributed by atoms with Gasteiger partial charge < -0.3 is 10.2 Å². The largest absolute Gasteiger partial charge is 0.340 e. The van der Waals surface area contributed by atoms with Gasteiger partial charge in [-0.15, -0.1) is 0 Å². The monoisotopic (exact) mass is 212 g/mol. The number of hydrogen-bond acceptors (Lipinski definition) is 2. The van der Waals surface area contributed by atoms with E-state index in [0.717, 1.165) is 26.1 Å². The van der Waals surface area contributed by atoms with Crippen molar-refractivity contribution in [3.8, 4) is 0 Å². The Hall–Kier alpha value is -0.570. The lowest BCUT2D eigenvalue weighted by Gasteiger charge is -2.30. The molecule has 0 unspecified atom stereocenters.